The van der Waals surface area contributed by atoms with Gasteiger partial charge in [-0.3, -0.25) is 9.59 Å². The van der Waals surface area contributed by atoms with Crippen LogP contribution < -0.4 is 15.4 Å². The van der Waals surface area contributed by atoms with Gasteiger partial charge in [0.25, 0.3) is 17.4 Å². The van der Waals surface area contributed by atoms with Gasteiger partial charge in [-0.2, -0.15) is 0 Å². The predicted octanol–water partition coefficient (Wildman–Crippen LogP) is 2.30. The molecule has 1 aliphatic heterocycles. The zero-order chi connectivity index (χ0) is 16.6. The van der Waals surface area contributed by atoms with Gasteiger partial charge in [-0.25, -0.2) is 0 Å². The Hall–Kier alpha value is -2.76. The molecule has 6 heteroatoms. The van der Waals surface area contributed by atoms with E-state index >= 15 is 0 Å². The van der Waals surface area contributed by atoms with Crippen LogP contribution in [0.15, 0.2) is 34.7 Å². The molecule has 0 saturated carbocycles. The van der Waals surface area contributed by atoms with Gasteiger partial charge in [0, 0.05) is 0 Å². The molecule has 3 rings (SSSR count). The average molecular weight is 314 g/mol. The van der Waals surface area contributed by atoms with Crippen molar-refractivity contribution >= 4 is 17.5 Å². The third-order valence-corrected chi connectivity index (χ3v) is 3.78. The molecule has 0 fully saturated rings. The summed E-state index contributed by atoms with van der Waals surface area (Å²) in [5.74, 6) is 0.837. The summed E-state index contributed by atoms with van der Waals surface area (Å²) in [6, 6.07) is 8.99. The Balaban J connectivity index is 1.76. The standard InChI is InChI=1S/C17H18N2O4/c1-10-4-7-14-13(8-10)19-16(21)17(3,23-14)15(20)18-9-12-6-5-11(2)22-12/h4-8H,9H2,1-3H3,(H,18,20)(H,19,21)/t17-/m1/s1. The van der Waals surface area contributed by atoms with E-state index in [9.17, 15) is 9.59 Å². The maximum absolute atomic E-state index is 12.4. The second kappa shape index (κ2) is 5.46. The minimum atomic E-state index is -1.62. The van der Waals surface area contributed by atoms with Gasteiger partial charge in [0.1, 0.15) is 17.3 Å². The molecule has 0 radical (unpaired) electrons. The van der Waals surface area contributed by atoms with Gasteiger partial charge in [0.05, 0.1) is 12.2 Å². The Morgan fingerprint density at radius 1 is 1.26 bits per heavy atom. The van der Waals surface area contributed by atoms with Crippen LogP contribution in [0.1, 0.15) is 24.0 Å². The van der Waals surface area contributed by atoms with Crippen molar-refractivity contribution in [2.75, 3.05) is 5.32 Å². The van der Waals surface area contributed by atoms with E-state index in [-0.39, 0.29) is 6.54 Å². The largest absolute Gasteiger partial charge is 0.466 e. The molecule has 1 atom stereocenters. The SMILES string of the molecule is Cc1ccc2c(c1)NC(=O)[C@@](C)(C(=O)NCc1ccc(C)o1)O2. The first-order chi connectivity index (χ1) is 10.9. The van der Waals surface area contributed by atoms with E-state index < -0.39 is 17.4 Å². The highest BCUT2D eigenvalue weighted by Crippen LogP contribution is 2.34. The third kappa shape index (κ3) is 2.79. The van der Waals surface area contributed by atoms with Crippen molar-refractivity contribution in [3.63, 3.8) is 0 Å². The summed E-state index contributed by atoms with van der Waals surface area (Å²) >= 11 is 0. The highest BCUT2D eigenvalue weighted by Gasteiger charge is 2.47. The summed E-state index contributed by atoms with van der Waals surface area (Å²) in [4.78, 5) is 24.8. The maximum Gasteiger partial charge on any atom is 0.278 e. The quantitative estimate of drug-likeness (QED) is 0.852. The molecule has 1 aromatic heterocycles. The van der Waals surface area contributed by atoms with Gasteiger partial charge in [0.2, 0.25) is 0 Å². The van der Waals surface area contributed by atoms with Crippen LogP contribution in [0.3, 0.4) is 0 Å². The van der Waals surface area contributed by atoms with Crippen LogP contribution >= 0.6 is 0 Å². The number of furan rings is 1. The van der Waals surface area contributed by atoms with Crippen molar-refractivity contribution < 1.29 is 18.7 Å². The Kier molecular flexibility index (Phi) is 3.60. The maximum atomic E-state index is 12.4. The summed E-state index contributed by atoms with van der Waals surface area (Å²) in [5.41, 5.74) is -0.0556. The molecule has 2 N–H and O–H groups in total. The number of hydrogen-bond acceptors (Lipinski definition) is 4. The van der Waals surface area contributed by atoms with Crippen LogP contribution in [0, 0.1) is 13.8 Å². The van der Waals surface area contributed by atoms with E-state index in [4.69, 9.17) is 9.15 Å². The molecule has 6 nitrogen and oxygen atoms in total. The number of carbonyl (C=O) groups excluding carboxylic acids is 2. The molecule has 2 heterocycles. The molecule has 23 heavy (non-hydrogen) atoms. The van der Waals surface area contributed by atoms with Gasteiger partial charge in [-0.1, -0.05) is 6.07 Å². The van der Waals surface area contributed by atoms with Crippen molar-refractivity contribution in [2.24, 2.45) is 0 Å². The predicted molar refractivity (Wildman–Crippen MR) is 84.1 cm³/mol. The van der Waals surface area contributed by atoms with E-state index in [0.717, 1.165) is 11.3 Å². The summed E-state index contributed by atoms with van der Waals surface area (Å²) in [5, 5.41) is 5.40. The number of amides is 2. The normalized spacial score (nSPS) is 19.5. The van der Waals surface area contributed by atoms with E-state index in [1.165, 1.54) is 6.92 Å². The van der Waals surface area contributed by atoms with Gasteiger partial charge in [-0.15, -0.1) is 0 Å². The number of rotatable bonds is 3. The number of carbonyl (C=O) groups is 2. The van der Waals surface area contributed by atoms with Crippen LogP contribution in [0.25, 0.3) is 0 Å². The molecule has 0 aliphatic carbocycles. The van der Waals surface area contributed by atoms with E-state index in [2.05, 4.69) is 10.6 Å². The Labute approximate surface area is 133 Å². The minimum Gasteiger partial charge on any atom is -0.466 e. The second-order valence-electron chi connectivity index (χ2n) is 5.78. The molecule has 0 unspecified atom stereocenters. The van der Waals surface area contributed by atoms with Crippen LogP contribution in [0.5, 0.6) is 5.75 Å². The lowest BCUT2D eigenvalue weighted by Gasteiger charge is -2.33. The number of hydrogen-bond donors (Lipinski definition) is 2. The Morgan fingerprint density at radius 2 is 2.04 bits per heavy atom. The summed E-state index contributed by atoms with van der Waals surface area (Å²) in [6.07, 6.45) is 0. The molecule has 2 aromatic rings. The molecule has 1 aromatic carbocycles. The van der Waals surface area contributed by atoms with Gasteiger partial charge >= 0.3 is 0 Å². The molecule has 2 amide bonds. The van der Waals surface area contributed by atoms with Gasteiger partial charge < -0.3 is 19.8 Å². The van der Waals surface area contributed by atoms with Crippen molar-refractivity contribution in [2.45, 2.75) is 32.9 Å². The number of fused-ring (bicyclic) bond motifs is 1. The van der Waals surface area contributed by atoms with Crippen LogP contribution in [-0.4, -0.2) is 17.4 Å². The zero-order valence-electron chi connectivity index (χ0n) is 13.2. The second-order valence-corrected chi connectivity index (χ2v) is 5.78. The number of aryl methyl sites for hydroxylation is 2. The van der Waals surface area contributed by atoms with Gasteiger partial charge in [-0.05, 0) is 50.6 Å². The van der Waals surface area contributed by atoms with E-state index in [1.807, 2.05) is 26.0 Å². The summed E-state index contributed by atoms with van der Waals surface area (Å²) in [7, 11) is 0. The monoisotopic (exact) mass is 314 g/mol. The number of benzene rings is 1. The number of ether oxygens (including phenoxy) is 1. The molecule has 1 aliphatic rings. The smallest absolute Gasteiger partial charge is 0.278 e. The van der Waals surface area contributed by atoms with Crippen molar-refractivity contribution in [1.82, 2.24) is 5.32 Å². The molecule has 0 bridgehead atoms. The third-order valence-electron chi connectivity index (χ3n) is 3.78. The lowest BCUT2D eigenvalue weighted by Crippen LogP contribution is -2.58. The van der Waals surface area contributed by atoms with Crippen LogP contribution in [0.2, 0.25) is 0 Å². The lowest BCUT2D eigenvalue weighted by atomic mass is 10.0. The van der Waals surface area contributed by atoms with Crippen molar-refractivity contribution in [3.8, 4) is 5.75 Å². The first-order valence-corrected chi connectivity index (χ1v) is 7.33. The molecule has 0 saturated heterocycles. The minimum absolute atomic E-state index is 0.194. The first kappa shape index (κ1) is 15.1. The average Bonchev–Trinajstić information content (AvgIpc) is 2.92. The molecule has 0 spiro atoms. The summed E-state index contributed by atoms with van der Waals surface area (Å²) in [6.45, 7) is 5.38. The van der Waals surface area contributed by atoms with Crippen LogP contribution in [0.4, 0.5) is 5.69 Å². The highest BCUT2D eigenvalue weighted by molar-refractivity contribution is 6.15. The van der Waals surface area contributed by atoms with Gasteiger partial charge in [0.15, 0.2) is 0 Å². The number of anilines is 1. The lowest BCUT2D eigenvalue weighted by molar-refractivity contribution is -0.146. The Bertz CT molecular complexity index is 781. The molecular weight excluding hydrogens is 296 g/mol. The topological polar surface area (TPSA) is 80.6 Å². The molecular formula is C17H18N2O4. The fourth-order valence-corrected chi connectivity index (χ4v) is 2.40. The first-order valence-electron chi connectivity index (χ1n) is 7.33. The van der Waals surface area contributed by atoms with E-state index in [1.54, 1.807) is 18.2 Å². The Morgan fingerprint density at radius 3 is 2.74 bits per heavy atom. The van der Waals surface area contributed by atoms with E-state index in [0.29, 0.717) is 17.2 Å². The summed E-state index contributed by atoms with van der Waals surface area (Å²) < 4.78 is 11.1. The van der Waals surface area contributed by atoms with Crippen molar-refractivity contribution in [3.05, 3.63) is 47.4 Å². The van der Waals surface area contributed by atoms with Crippen molar-refractivity contribution in [1.29, 1.82) is 0 Å². The molecule has 120 valence electrons. The highest BCUT2D eigenvalue weighted by atomic mass is 16.5. The zero-order valence-corrected chi connectivity index (χ0v) is 13.2. The van der Waals surface area contributed by atoms with Crippen LogP contribution in [-0.2, 0) is 16.1 Å². The fraction of sp³-hybridized carbons (Fsp3) is 0.294. The number of nitrogens with one attached hydrogen (secondary N) is 2. The fourth-order valence-electron chi connectivity index (χ4n) is 2.40.